The Morgan fingerprint density at radius 1 is 0.792 bits per heavy atom. The second-order valence-corrected chi connectivity index (χ2v) is 18.2. The smallest absolute Gasteiger partial charge is 0.133 e. The zero-order valence-electron chi connectivity index (χ0n) is 27.8. The van der Waals surface area contributed by atoms with E-state index in [9.17, 15) is 8.78 Å². The number of hydrogen-bond donors (Lipinski definition) is 0. The molecule has 0 bridgehead atoms. The second kappa shape index (κ2) is 14.4. The van der Waals surface area contributed by atoms with Crippen molar-refractivity contribution < 1.29 is 33.3 Å². The maximum absolute atomic E-state index is 14.2. The van der Waals surface area contributed by atoms with Gasteiger partial charge in [0.15, 0.2) is 0 Å². The maximum atomic E-state index is 14.2. The largest absolute Gasteiger partial charge is 0.501 e. The molecule has 48 heavy (non-hydrogen) atoms. The van der Waals surface area contributed by atoms with Crippen molar-refractivity contribution in [2.24, 2.45) is 0 Å². The number of fused-ring (bicyclic) bond motifs is 3. The molecular weight excluding hydrogens is 795 g/mol. The van der Waals surface area contributed by atoms with Crippen LogP contribution < -0.4 is 5.19 Å². The van der Waals surface area contributed by atoms with Gasteiger partial charge in [-0.3, -0.25) is 0 Å². The molecule has 4 aromatic carbocycles. The predicted molar refractivity (Wildman–Crippen MR) is 191 cm³/mol. The third-order valence-electron chi connectivity index (χ3n) is 8.26. The molecule has 0 fully saturated rings. The minimum atomic E-state index is -1.24. The molecule has 0 aliphatic rings. The summed E-state index contributed by atoms with van der Waals surface area (Å²) in [6.07, 6.45) is 3.82. The van der Waals surface area contributed by atoms with Crippen LogP contribution in [-0.2, 0) is 20.1 Å². The van der Waals surface area contributed by atoms with Crippen LogP contribution in [0.2, 0.25) is 19.6 Å². The van der Waals surface area contributed by atoms with Crippen LogP contribution in [0.25, 0.3) is 55.6 Å². The minimum Gasteiger partial charge on any atom is -0.501 e. The summed E-state index contributed by atoms with van der Waals surface area (Å²) < 4.78 is 33.7. The summed E-state index contributed by atoms with van der Waals surface area (Å²) in [5, 5.41) is 3.27. The molecule has 0 amide bonds. The normalized spacial score (nSPS) is 11.4. The molecule has 0 aliphatic heterocycles. The Morgan fingerprint density at radius 2 is 1.60 bits per heavy atom. The molecule has 0 N–H and O–H groups in total. The standard InChI is InChI=1S/C26H18F2NO.C15H18NSi.Ir/c1-15(2)16-10-11-29-24(12-16)22-5-3-4-21-20-8-6-17(13-25(20)30-26(21)22)19-9-7-18(27)14-23(19)28;1-12-5-7-13(8-6-12)15-10-9-14(11-16-15)17(2,3)4;/h3-4,6-15H,1-2H3;5-7,9-11H,1-4H3;/q2*-1;. The molecule has 0 saturated heterocycles. The summed E-state index contributed by atoms with van der Waals surface area (Å²) in [6, 6.07) is 34.0. The fraction of sp³-hybridized carbons (Fsp3) is 0.171. The van der Waals surface area contributed by atoms with Crippen molar-refractivity contribution in [2.75, 3.05) is 0 Å². The number of rotatable bonds is 5. The van der Waals surface area contributed by atoms with Crippen molar-refractivity contribution in [3.63, 3.8) is 0 Å². The number of benzene rings is 4. The Hall–Kier alpha value is -4.29. The van der Waals surface area contributed by atoms with E-state index < -0.39 is 19.7 Å². The summed E-state index contributed by atoms with van der Waals surface area (Å²) in [7, 11) is -1.24. The quantitative estimate of drug-likeness (QED) is 0.128. The van der Waals surface area contributed by atoms with Gasteiger partial charge in [0.1, 0.15) is 17.2 Å². The summed E-state index contributed by atoms with van der Waals surface area (Å²) in [5.41, 5.74) is 8.37. The van der Waals surface area contributed by atoms with Crippen LogP contribution in [0.4, 0.5) is 8.78 Å². The summed E-state index contributed by atoms with van der Waals surface area (Å²) in [4.78, 5) is 9.07. The van der Waals surface area contributed by atoms with E-state index in [0.29, 0.717) is 28.2 Å². The van der Waals surface area contributed by atoms with Gasteiger partial charge in [-0.1, -0.05) is 87.3 Å². The Labute approximate surface area is 295 Å². The zero-order valence-corrected chi connectivity index (χ0v) is 31.2. The first-order chi connectivity index (χ1) is 22.5. The molecule has 0 unspecified atom stereocenters. The number of aromatic nitrogens is 2. The van der Waals surface area contributed by atoms with Gasteiger partial charge in [-0.05, 0) is 52.3 Å². The molecule has 3 nitrogen and oxygen atoms in total. The van der Waals surface area contributed by atoms with Gasteiger partial charge in [0.2, 0.25) is 0 Å². The molecule has 0 atom stereocenters. The molecule has 3 heterocycles. The number of furan rings is 1. The number of nitrogens with zero attached hydrogens (tertiary/aromatic N) is 2. The van der Waals surface area contributed by atoms with Crippen molar-refractivity contribution in [2.45, 2.75) is 46.3 Å². The van der Waals surface area contributed by atoms with E-state index in [1.807, 2.05) is 42.6 Å². The maximum Gasteiger partial charge on any atom is 0.133 e. The van der Waals surface area contributed by atoms with E-state index in [2.05, 4.69) is 92.8 Å². The topological polar surface area (TPSA) is 38.9 Å². The van der Waals surface area contributed by atoms with Gasteiger partial charge in [0, 0.05) is 49.5 Å². The Bertz CT molecular complexity index is 2190. The number of pyridine rings is 2. The molecule has 3 aromatic heterocycles. The third-order valence-corrected chi connectivity index (χ3v) is 10.3. The van der Waals surface area contributed by atoms with Crippen LogP contribution in [0.1, 0.15) is 30.9 Å². The van der Waals surface area contributed by atoms with Crippen molar-refractivity contribution in [3.05, 3.63) is 138 Å². The van der Waals surface area contributed by atoms with Crippen molar-refractivity contribution in [1.29, 1.82) is 0 Å². The van der Waals surface area contributed by atoms with E-state index in [-0.39, 0.29) is 20.1 Å². The molecule has 1 radical (unpaired) electrons. The number of halogens is 2. The Kier molecular flexibility index (Phi) is 10.5. The molecule has 0 spiro atoms. The molecule has 7 heteroatoms. The van der Waals surface area contributed by atoms with E-state index in [1.165, 1.54) is 28.4 Å². The van der Waals surface area contributed by atoms with Gasteiger partial charge in [-0.15, -0.1) is 53.6 Å². The van der Waals surface area contributed by atoms with Crippen molar-refractivity contribution >= 4 is 35.2 Å². The average Bonchev–Trinajstić information content (AvgIpc) is 3.43. The fourth-order valence-corrected chi connectivity index (χ4v) is 6.46. The third kappa shape index (κ3) is 7.54. The monoisotopic (exact) mass is 831 g/mol. The summed E-state index contributed by atoms with van der Waals surface area (Å²) in [6.45, 7) is 13.4. The van der Waals surface area contributed by atoms with Crippen LogP contribution in [0.5, 0.6) is 0 Å². The van der Waals surface area contributed by atoms with E-state index in [4.69, 9.17) is 4.42 Å². The zero-order chi connectivity index (χ0) is 33.3. The molecule has 245 valence electrons. The Morgan fingerprint density at radius 3 is 2.27 bits per heavy atom. The Balaban J connectivity index is 0.000000214. The fourth-order valence-electron chi connectivity index (χ4n) is 5.42. The van der Waals surface area contributed by atoms with Crippen LogP contribution >= 0.6 is 0 Å². The molecule has 0 aliphatic carbocycles. The van der Waals surface area contributed by atoms with E-state index in [1.54, 1.807) is 12.3 Å². The average molecular weight is 831 g/mol. The minimum absolute atomic E-state index is 0. The first-order valence-corrected chi connectivity index (χ1v) is 19.2. The van der Waals surface area contributed by atoms with Gasteiger partial charge in [0.25, 0.3) is 0 Å². The predicted octanol–water partition coefficient (Wildman–Crippen LogP) is 10.9. The van der Waals surface area contributed by atoms with E-state index in [0.717, 1.165) is 39.4 Å². The summed E-state index contributed by atoms with van der Waals surface area (Å²) in [5.74, 6) is -0.818. The molecule has 7 rings (SSSR count). The summed E-state index contributed by atoms with van der Waals surface area (Å²) >= 11 is 0. The molecule has 7 aromatic rings. The molecule has 0 saturated carbocycles. The second-order valence-electron chi connectivity index (χ2n) is 13.1. The van der Waals surface area contributed by atoms with Crippen LogP contribution in [0, 0.1) is 30.7 Å². The molecular formula is C41H36F2IrN2OSi-2. The van der Waals surface area contributed by atoms with Gasteiger partial charge < -0.3 is 14.4 Å². The number of hydrogen-bond acceptors (Lipinski definition) is 3. The van der Waals surface area contributed by atoms with E-state index >= 15 is 0 Å². The van der Waals surface area contributed by atoms with Crippen LogP contribution in [0.15, 0.2) is 108 Å². The first kappa shape index (κ1) is 35.0. The van der Waals surface area contributed by atoms with Crippen LogP contribution in [0.3, 0.4) is 0 Å². The van der Waals surface area contributed by atoms with Crippen molar-refractivity contribution in [3.8, 4) is 33.6 Å². The van der Waals surface area contributed by atoms with Gasteiger partial charge >= 0.3 is 0 Å². The number of aryl methyl sites for hydroxylation is 1. The van der Waals surface area contributed by atoms with Crippen LogP contribution in [-0.4, -0.2) is 18.0 Å². The van der Waals surface area contributed by atoms with Gasteiger partial charge in [-0.25, -0.2) is 8.78 Å². The van der Waals surface area contributed by atoms with Gasteiger partial charge in [-0.2, -0.15) is 0 Å². The first-order valence-electron chi connectivity index (χ1n) is 15.7. The van der Waals surface area contributed by atoms with Gasteiger partial charge in [0.05, 0.1) is 13.7 Å². The van der Waals surface area contributed by atoms with Crippen molar-refractivity contribution in [1.82, 2.24) is 9.97 Å². The SMILES string of the molecule is CC(C)c1ccnc(-c2[c-]ccc3c2oc2cc(-c4ccc(F)cc4F)ccc23)c1.Cc1c[c-]c(-c2ccc([Si](C)(C)C)cn2)cc1.[Ir].